The highest BCUT2D eigenvalue weighted by atomic mass is 15.2. The minimum absolute atomic E-state index is 0.0185. The molecule has 12 aromatic carbocycles. The Balaban J connectivity index is 1.02. The topological polar surface area (TPSA) is 8.17 Å². The number of anilines is 3. The number of hydrogen-bond acceptors (Lipinski definition) is 1. The highest BCUT2D eigenvalue weighted by molar-refractivity contribution is 6.27. The molecule has 0 spiro atoms. The Bertz CT molecular complexity index is 4350. The van der Waals surface area contributed by atoms with E-state index in [0.29, 0.717) is 0 Å². The summed E-state index contributed by atoms with van der Waals surface area (Å²) in [6.07, 6.45) is 0. The van der Waals surface area contributed by atoms with E-state index in [1.807, 2.05) is 0 Å². The van der Waals surface area contributed by atoms with Crippen LogP contribution in [-0.4, -0.2) is 4.57 Å². The molecule has 13 aromatic rings. The number of fused-ring (bicyclic) bond motifs is 3. The van der Waals surface area contributed by atoms with Crippen LogP contribution in [0.4, 0.5) is 17.1 Å². The van der Waals surface area contributed by atoms with Crippen LogP contribution in [0.1, 0.15) is 74.9 Å². The van der Waals surface area contributed by atoms with Crippen molar-refractivity contribution < 1.29 is 0 Å². The number of benzene rings is 12. The maximum Gasteiger partial charge on any atom is 0.0541 e. The first kappa shape index (κ1) is 48.9. The lowest BCUT2D eigenvalue weighted by Gasteiger charge is -2.33. The lowest BCUT2D eigenvalue weighted by molar-refractivity contribution is 0.590. The van der Waals surface area contributed by atoms with Gasteiger partial charge in [0.2, 0.25) is 0 Å². The first-order valence-electron chi connectivity index (χ1n) is 27.7. The molecule has 0 aliphatic rings. The number of nitrogens with zero attached hydrogens (tertiary/aromatic N) is 2. The molecule has 0 unspecified atom stereocenters. The predicted molar refractivity (Wildman–Crippen MR) is 337 cm³/mol. The molecule has 2 nitrogen and oxygen atoms in total. The quantitative estimate of drug-likeness (QED) is 0.138. The molecular formula is C76H66N2. The van der Waals surface area contributed by atoms with E-state index in [0.717, 1.165) is 0 Å². The van der Waals surface area contributed by atoms with Gasteiger partial charge in [0, 0.05) is 21.5 Å². The molecule has 0 fully saturated rings. The molecule has 380 valence electrons. The van der Waals surface area contributed by atoms with Gasteiger partial charge in [0.05, 0.1) is 33.8 Å². The smallest absolute Gasteiger partial charge is 0.0541 e. The third-order valence-electron chi connectivity index (χ3n) is 16.7. The van der Waals surface area contributed by atoms with Crippen LogP contribution >= 0.6 is 0 Å². The highest BCUT2D eigenvalue weighted by Crippen LogP contribution is 2.50. The molecule has 1 aromatic heterocycles. The van der Waals surface area contributed by atoms with Crippen molar-refractivity contribution in [1.82, 2.24) is 4.57 Å². The van der Waals surface area contributed by atoms with E-state index >= 15 is 0 Å². The predicted octanol–water partition coefficient (Wildman–Crippen LogP) is 21.6. The van der Waals surface area contributed by atoms with Crippen LogP contribution in [0.2, 0.25) is 0 Å². The van der Waals surface area contributed by atoms with Gasteiger partial charge in [0.15, 0.2) is 0 Å². The van der Waals surface area contributed by atoms with Crippen molar-refractivity contribution in [3.8, 4) is 50.2 Å². The van der Waals surface area contributed by atoms with E-state index in [2.05, 4.69) is 297 Å². The third-order valence-corrected chi connectivity index (χ3v) is 16.7. The first-order chi connectivity index (χ1) is 37.6. The maximum absolute atomic E-state index is 2.60. The Morgan fingerprint density at radius 2 is 0.705 bits per heavy atom. The van der Waals surface area contributed by atoms with E-state index in [1.54, 1.807) is 0 Å². The van der Waals surface area contributed by atoms with Gasteiger partial charge in [-0.1, -0.05) is 193 Å². The minimum atomic E-state index is 0.0185. The Labute approximate surface area is 460 Å². The van der Waals surface area contributed by atoms with Crippen molar-refractivity contribution in [3.05, 3.63) is 252 Å². The van der Waals surface area contributed by atoms with Gasteiger partial charge in [-0.3, -0.25) is 0 Å². The summed E-state index contributed by atoms with van der Waals surface area (Å²) in [5.41, 5.74) is 24.6. The van der Waals surface area contributed by atoms with E-state index < -0.39 is 0 Å². The minimum Gasteiger partial charge on any atom is -0.309 e. The zero-order valence-electron chi connectivity index (χ0n) is 46.7. The van der Waals surface area contributed by atoms with Gasteiger partial charge in [-0.15, -0.1) is 0 Å². The second kappa shape index (κ2) is 18.5. The molecule has 0 aliphatic heterocycles. The number of rotatable bonds is 8. The summed E-state index contributed by atoms with van der Waals surface area (Å²) in [4.78, 5) is 2.60. The molecule has 0 amide bonds. The van der Waals surface area contributed by atoms with Crippen LogP contribution < -0.4 is 4.90 Å². The van der Waals surface area contributed by atoms with Crippen LogP contribution in [0.5, 0.6) is 0 Å². The molecule has 13 rings (SSSR count). The zero-order chi connectivity index (χ0) is 53.8. The molecule has 78 heavy (non-hydrogen) atoms. The Morgan fingerprint density at radius 1 is 0.308 bits per heavy atom. The molecule has 0 bridgehead atoms. The second-order valence-corrected chi connectivity index (χ2v) is 24.0. The van der Waals surface area contributed by atoms with Crippen LogP contribution in [0.25, 0.3) is 104 Å². The van der Waals surface area contributed by atoms with Gasteiger partial charge in [0.25, 0.3) is 0 Å². The van der Waals surface area contributed by atoms with Gasteiger partial charge < -0.3 is 9.47 Å². The summed E-state index contributed by atoms with van der Waals surface area (Å²) in [5.74, 6) is 0. The molecular weight excluding hydrogens is 941 g/mol. The van der Waals surface area contributed by atoms with Crippen LogP contribution in [0.15, 0.2) is 218 Å². The summed E-state index contributed by atoms with van der Waals surface area (Å²) in [6.45, 7) is 23.1. The third kappa shape index (κ3) is 8.25. The van der Waals surface area contributed by atoms with Crippen molar-refractivity contribution in [2.75, 3.05) is 4.90 Å². The SMILES string of the molecule is Cc1cc(-c2ccc(-c3ccccc3)cc2)cc(C)c1N(c1c(C)cc(-c2cccc(-c3ccccc3)c2)cc1C)c1ccc2ccc3c(-n4c5ccc(C(C)(C)C)cc5c5cc(C(C)(C)C)ccc54)ccc4ccc1c2c43. The summed E-state index contributed by atoms with van der Waals surface area (Å²) >= 11 is 0. The Kier molecular flexibility index (Phi) is 11.6. The Hall–Kier alpha value is -8.72. The summed E-state index contributed by atoms with van der Waals surface area (Å²) < 4.78 is 2.54. The van der Waals surface area contributed by atoms with Crippen LogP contribution in [0.3, 0.4) is 0 Å². The largest absolute Gasteiger partial charge is 0.309 e. The zero-order valence-corrected chi connectivity index (χ0v) is 46.7. The molecule has 0 saturated carbocycles. The number of aromatic nitrogens is 1. The van der Waals surface area contributed by atoms with Crippen molar-refractivity contribution in [3.63, 3.8) is 0 Å². The van der Waals surface area contributed by atoms with E-state index in [-0.39, 0.29) is 10.8 Å². The van der Waals surface area contributed by atoms with E-state index in [9.17, 15) is 0 Å². The fraction of sp³-hybridized carbons (Fsp3) is 0.158. The number of aryl methyl sites for hydroxylation is 4. The standard InChI is InChI=1S/C76H66N2/c1-47-40-59(54-26-24-53(25-27-54)51-18-13-11-14-19-51)41-48(2)73(47)78(74-49(3)42-60(43-50(74)4)58-23-17-22-57(44-58)52-20-15-12-16-21-52)68-37-31-56-28-34-63-67(36-30-55-29-35-64(68)72(56)71(55)63)77-69-38-32-61(75(5,6)7)45-65(69)66-46-62(76(8,9)10)33-39-70(66)77/h11-46H,1-10H3. The van der Waals surface area contributed by atoms with Crippen molar-refractivity contribution >= 4 is 71.2 Å². The monoisotopic (exact) mass is 1010 g/mol. The summed E-state index contributed by atoms with van der Waals surface area (Å²) in [5, 5.41) is 10.1. The lowest BCUT2D eigenvalue weighted by atomic mass is 9.85. The van der Waals surface area contributed by atoms with Crippen molar-refractivity contribution in [2.24, 2.45) is 0 Å². The first-order valence-corrected chi connectivity index (χ1v) is 27.7. The van der Waals surface area contributed by atoms with Gasteiger partial charge in [0.1, 0.15) is 0 Å². The number of hydrogen-bond donors (Lipinski definition) is 0. The van der Waals surface area contributed by atoms with Crippen LogP contribution in [-0.2, 0) is 10.8 Å². The average molecular weight is 1010 g/mol. The van der Waals surface area contributed by atoms with E-state index in [4.69, 9.17) is 0 Å². The fourth-order valence-electron chi connectivity index (χ4n) is 12.7. The van der Waals surface area contributed by atoms with Gasteiger partial charge >= 0.3 is 0 Å². The van der Waals surface area contributed by atoms with Gasteiger partial charge in [-0.2, -0.15) is 0 Å². The fourth-order valence-corrected chi connectivity index (χ4v) is 12.7. The van der Waals surface area contributed by atoms with Crippen molar-refractivity contribution in [2.45, 2.75) is 80.1 Å². The highest BCUT2D eigenvalue weighted by Gasteiger charge is 2.27. The lowest BCUT2D eigenvalue weighted by Crippen LogP contribution is -2.16. The van der Waals surface area contributed by atoms with Crippen LogP contribution in [0, 0.1) is 27.7 Å². The molecule has 2 heteroatoms. The summed E-state index contributed by atoms with van der Waals surface area (Å²) in [6, 6.07) is 82.2. The molecule has 0 atom stereocenters. The second-order valence-electron chi connectivity index (χ2n) is 24.0. The normalized spacial score (nSPS) is 12.2. The maximum atomic E-state index is 2.60. The molecule has 0 aliphatic carbocycles. The Morgan fingerprint density at radius 3 is 1.22 bits per heavy atom. The molecule has 0 radical (unpaired) electrons. The van der Waals surface area contributed by atoms with Gasteiger partial charge in [-0.25, -0.2) is 0 Å². The average Bonchev–Trinajstić information content (AvgIpc) is 3.86. The molecule has 0 N–H and O–H groups in total. The van der Waals surface area contributed by atoms with Gasteiger partial charge in [-0.05, 0) is 205 Å². The summed E-state index contributed by atoms with van der Waals surface area (Å²) in [7, 11) is 0. The van der Waals surface area contributed by atoms with E-state index in [1.165, 1.54) is 155 Å². The van der Waals surface area contributed by atoms with Crippen molar-refractivity contribution in [1.29, 1.82) is 0 Å². The molecule has 0 saturated heterocycles. The molecule has 1 heterocycles.